The summed E-state index contributed by atoms with van der Waals surface area (Å²) >= 11 is 0. The third kappa shape index (κ3) is 5.02. The Labute approximate surface area is 240 Å². The molecule has 0 saturated carbocycles. The largest absolute Gasteiger partial charge is 0.453 e. The van der Waals surface area contributed by atoms with Crippen molar-refractivity contribution in [2.24, 2.45) is 5.92 Å². The summed E-state index contributed by atoms with van der Waals surface area (Å²) in [6.07, 6.45) is 3.50. The maximum Gasteiger partial charge on any atom is 0.348 e. The maximum atomic E-state index is 13.8. The van der Waals surface area contributed by atoms with Gasteiger partial charge in [0.15, 0.2) is 6.10 Å². The molecule has 3 aliphatic heterocycles. The molecule has 0 unspecified atom stereocenters. The molecule has 7 rings (SSSR count). The number of ether oxygens (including phenoxy) is 1. The molecule has 1 atom stereocenters. The Balaban J connectivity index is 1.14. The normalized spacial score (nSPS) is 22.0. The summed E-state index contributed by atoms with van der Waals surface area (Å²) in [5.41, 5.74) is 2.21. The third-order valence-corrected chi connectivity index (χ3v) is 9.02. The number of nitrogens with zero attached hydrogens (tertiary/aromatic N) is 3. The van der Waals surface area contributed by atoms with Crippen LogP contribution in [-0.4, -0.2) is 69.7 Å². The number of aromatic nitrogens is 2. The molecule has 1 amide bonds. The van der Waals surface area contributed by atoms with E-state index in [1.165, 1.54) is 0 Å². The van der Waals surface area contributed by atoms with Crippen LogP contribution in [-0.2, 0) is 15.1 Å². The van der Waals surface area contributed by atoms with Gasteiger partial charge in [-0.1, -0.05) is 60.7 Å². The van der Waals surface area contributed by atoms with Crippen LogP contribution in [0.25, 0.3) is 5.65 Å². The summed E-state index contributed by atoms with van der Waals surface area (Å²) in [7, 11) is 0. The Bertz CT molecular complexity index is 1520. The van der Waals surface area contributed by atoms with E-state index >= 15 is 0 Å². The van der Waals surface area contributed by atoms with Crippen molar-refractivity contribution in [3.63, 3.8) is 0 Å². The molecule has 3 aliphatic rings. The highest BCUT2D eigenvalue weighted by Gasteiger charge is 2.50. The molecule has 212 valence electrons. The van der Waals surface area contributed by atoms with Gasteiger partial charge in [-0.3, -0.25) is 9.20 Å². The lowest BCUT2D eigenvalue weighted by atomic mass is 9.82. The standard InChI is InChI=1S/C33H36N4O4/c1-23-13-17-36-29(21-23)35-24(2)30(36)31(38)34-16-20-37-18-14-25(15-19-37)28(22-37)41-32(39)33(40,26-9-5-3-6-10-26)27-11-7-4-8-12-27/h3-13,17,21,25,28,40H,14-16,18-20,22H2,1-2H3/p+1/t25?,28-,37?/m0/s1. The van der Waals surface area contributed by atoms with Crippen molar-refractivity contribution in [2.45, 2.75) is 38.4 Å². The van der Waals surface area contributed by atoms with Crippen LogP contribution in [0.1, 0.15) is 45.7 Å². The lowest BCUT2D eigenvalue weighted by Crippen LogP contribution is -2.66. The maximum absolute atomic E-state index is 13.8. The van der Waals surface area contributed by atoms with Gasteiger partial charge < -0.3 is 19.6 Å². The number of carbonyl (C=O) groups excluding carboxylic acids is 2. The van der Waals surface area contributed by atoms with Crippen molar-refractivity contribution in [3.05, 3.63) is 107 Å². The van der Waals surface area contributed by atoms with Crippen molar-refractivity contribution < 1.29 is 23.9 Å². The molecule has 8 nitrogen and oxygen atoms in total. The van der Waals surface area contributed by atoms with Crippen LogP contribution in [0.4, 0.5) is 0 Å². The number of aryl methyl sites for hydroxylation is 2. The van der Waals surface area contributed by atoms with Crippen LogP contribution >= 0.6 is 0 Å². The number of piperidine rings is 3. The van der Waals surface area contributed by atoms with E-state index in [1.54, 1.807) is 24.3 Å². The van der Waals surface area contributed by atoms with Gasteiger partial charge in [-0.05, 0) is 42.7 Å². The Morgan fingerprint density at radius 2 is 1.66 bits per heavy atom. The molecule has 2 N–H and O–H groups in total. The van der Waals surface area contributed by atoms with Gasteiger partial charge in [0.2, 0.25) is 5.60 Å². The average molecular weight is 554 g/mol. The number of rotatable bonds is 8. The average Bonchev–Trinajstić information content (AvgIpc) is 3.32. The van der Waals surface area contributed by atoms with Crippen molar-refractivity contribution in [2.75, 3.05) is 32.7 Å². The second kappa shape index (κ2) is 10.8. The topological polar surface area (TPSA) is 92.9 Å². The number of quaternary nitrogens is 1. The molecule has 2 aromatic carbocycles. The number of imidazole rings is 1. The number of benzene rings is 2. The van der Waals surface area contributed by atoms with Crippen LogP contribution < -0.4 is 5.32 Å². The summed E-state index contributed by atoms with van der Waals surface area (Å²) in [6, 6.07) is 21.9. The number of carbonyl (C=O) groups is 2. The summed E-state index contributed by atoms with van der Waals surface area (Å²) in [6.45, 7) is 7.80. The molecule has 0 spiro atoms. The molecule has 3 saturated heterocycles. The fraction of sp³-hybridized carbons (Fsp3) is 0.364. The Morgan fingerprint density at radius 3 is 2.29 bits per heavy atom. The predicted octanol–water partition coefficient (Wildman–Crippen LogP) is 3.77. The molecule has 8 heteroatoms. The molecule has 2 bridgehead atoms. The minimum Gasteiger partial charge on any atom is -0.453 e. The fourth-order valence-corrected chi connectivity index (χ4v) is 6.68. The number of aliphatic hydroxyl groups is 1. The van der Waals surface area contributed by atoms with E-state index in [0.29, 0.717) is 35.6 Å². The second-order valence-corrected chi connectivity index (χ2v) is 11.7. The van der Waals surface area contributed by atoms with Gasteiger partial charge in [-0.25, -0.2) is 9.78 Å². The molecule has 2 aromatic heterocycles. The summed E-state index contributed by atoms with van der Waals surface area (Å²) in [5, 5.41) is 15.0. The monoisotopic (exact) mass is 553 g/mol. The van der Waals surface area contributed by atoms with Crippen molar-refractivity contribution >= 4 is 17.5 Å². The third-order valence-electron chi connectivity index (χ3n) is 9.02. The molecule has 0 aliphatic carbocycles. The molecule has 5 heterocycles. The van der Waals surface area contributed by atoms with Gasteiger partial charge in [-0.2, -0.15) is 0 Å². The number of amides is 1. The van der Waals surface area contributed by atoms with E-state index in [-0.39, 0.29) is 17.9 Å². The Kier molecular flexibility index (Phi) is 7.13. The highest BCUT2D eigenvalue weighted by molar-refractivity contribution is 5.94. The number of esters is 1. The molecule has 41 heavy (non-hydrogen) atoms. The van der Waals surface area contributed by atoms with Crippen molar-refractivity contribution in [1.82, 2.24) is 14.7 Å². The summed E-state index contributed by atoms with van der Waals surface area (Å²) < 4.78 is 8.81. The number of nitrogens with one attached hydrogen (secondary N) is 1. The minimum atomic E-state index is -1.89. The predicted molar refractivity (Wildman–Crippen MR) is 155 cm³/mol. The zero-order valence-electron chi connectivity index (χ0n) is 23.6. The summed E-state index contributed by atoms with van der Waals surface area (Å²) in [5.74, 6) is -0.505. The quantitative estimate of drug-likeness (QED) is 0.256. The van der Waals surface area contributed by atoms with E-state index in [9.17, 15) is 14.7 Å². The highest BCUT2D eigenvalue weighted by Crippen LogP contribution is 2.38. The van der Waals surface area contributed by atoms with Gasteiger partial charge in [-0.15, -0.1) is 0 Å². The second-order valence-electron chi connectivity index (χ2n) is 11.7. The van der Waals surface area contributed by atoms with Crippen LogP contribution in [0.3, 0.4) is 0 Å². The zero-order valence-corrected chi connectivity index (χ0v) is 23.6. The molecule has 0 radical (unpaired) electrons. The van der Waals surface area contributed by atoms with E-state index in [0.717, 1.165) is 48.2 Å². The van der Waals surface area contributed by atoms with Crippen molar-refractivity contribution in [1.29, 1.82) is 0 Å². The number of pyridine rings is 1. The first-order chi connectivity index (χ1) is 19.8. The first-order valence-electron chi connectivity index (χ1n) is 14.4. The fourth-order valence-electron chi connectivity index (χ4n) is 6.68. The van der Waals surface area contributed by atoms with Crippen LogP contribution in [0.2, 0.25) is 0 Å². The summed E-state index contributed by atoms with van der Waals surface area (Å²) in [4.78, 5) is 31.5. The lowest BCUT2D eigenvalue weighted by molar-refractivity contribution is -0.945. The smallest absolute Gasteiger partial charge is 0.348 e. The number of fused-ring (bicyclic) bond motifs is 4. The number of hydrogen-bond acceptors (Lipinski definition) is 5. The van der Waals surface area contributed by atoms with Gasteiger partial charge in [0.05, 0.1) is 31.9 Å². The van der Waals surface area contributed by atoms with Gasteiger partial charge in [0.25, 0.3) is 5.91 Å². The van der Waals surface area contributed by atoms with E-state index in [1.807, 2.05) is 73.0 Å². The lowest BCUT2D eigenvalue weighted by Gasteiger charge is -2.52. The Morgan fingerprint density at radius 1 is 1.02 bits per heavy atom. The SMILES string of the molecule is Cc1ccn2c(C(=O)NCC[N+]34CCC(CC3)[C@@H](OC(=O)C(O)(c3ccccc3)c3ccccc3)C4)c(C)nc2c1. The first kappa shape index (κ1) is 27.2. The van der Waals surface area contributed by atoms with Crippen LogP contribution in [0.15, 0.2) is 79.0 Å². The highest BCUT2D eigenvalue weighted by atomic mass is 16.6. The first-order valence-corrected chi connectivity index (χ1v) is 14.4. The Hall–Kier alpha value is -4.01. The molecule has 4 aromatic rings. The van der Waals surface area contributed by atoms with Gasteiger partial charge >= 0.3 is 5.97 Å². The zero-order chi connectivity index (χ0) is 28.6. The van der Waals surface area contributed by atoms with Gasteiger partial charge in [0, 0.05) is 25.0 Å². The number of hydrogen-bond donors (Lipinski definition) is 2. The van der Waals surface area contributed by atoms with Crippen LogP contribution in [0, 0.1) is 19.8 Å². The van der Waals surface area contributed by atoms with Crippen molar-refractivity contribution in [3.8, 4) is 0 Å². The van der Waals surface area contributed by atoms with Gasteiger partial charge in [0.1, 0.15) is 17.9 Å². The molecule has 3 fully saturated rings. The minimum absolute atomic E-state index is 0.136. The van der Waals surface area contributed by atoms with Crippen LogP contribution in [0.5, 0.6) is 0 Å². The molecular formula is C33H37N4O4+. The molecular weight excluding hydrogens is 516 g/mol. The van der Waals surface area contributed by atoms with E-state index in [2.05, 4.69) is 10.3 Å². The van der Waals surface area contributed by atoms with E-state index < -0.39 is 11.6 Å². The van der Waals surface area contributed by atoms with E-state index in [4.69, 9.17) is 4.74 Å².